The Kier molecular flexibility index (Phi) is 4.06. The van der Waals surface area contributed by atoms with Crippen molar-refractivity contribution in [3.63, 3.8) is 0 Å². The summed E-state index contributed by atoms with van der Waals surface area (Å²) in [7, 11) is -3.73. The summed E-state index contributed by atoms with van der Waals surface area (Å²) < 4.78 is 27.9. The van der Waals surface area contributed by atoms with E-state index in [1.165, 1.54) is 0 Å². The molecule has 0 saturated heterocycles. The first kappa shape index (κ1) is 16.2. The van der Waals surface area contributed by atoms with Gasteiger partial charge in [-0.25, -0.2) is 0 Å². The lowest BCUT2D eigenvalue weighted by atomic mass is 10.1. The summed E-state index contributed by atoms with van der Waals surface area (Å²) in [5.74, 6) is 0.133. The van der Waals surface area contributed by atoms with E-state index in [0.29, 0.717) is 5.52 Å². The van der Waals surface area contributed by atoms with Crippen molar-refractivity contribution in [2.75, 3.05) is 0 Å². The van der Waals surface area contributed by atoms with Crippen LogP contribution >= 0.6 is 15.9 Å². The number of halogens is 1. The quantitative estimate of drug-likeness (QED) is 0.660. The molecule has 2 aromatic carbocycles. The Hall–Kier alpha value is -1.66. The summed E-state index contributed by atoms with van der Waals surface area (Å²) in [4.78, 5) is 0.239. The molecule has 0 aliphatic carbocycles. The van der Waals surface area contributed by atoms with Crippen LogP contribution < -0.4 is 0 Å². The number of hydrogen-bond donors (Lipinski definition) is 0. The predicted molar refractivity (Wildman–Crippen MR) is 95.3 cm³/mol. The fraction of sp³-hybridized carbons (Fsp3) is 0.235. The van der Waals surface area contributed by atoms with Gasteiger partial charge < -0.3 is 0 Å². The Bertz CT molecular complexity index is 974. The van der Waals surface area contributed by atoms with Gasteiger partial charge in [-0.05, 0) is 43.2 Å². The van der Waals surface area contributed by atoms with Crippen molar-refractivity contribution in [2.45, 2.75) is 31.6 Å². The molecule has 0 atom stereocenters. The maximum atomic E-state index is 13.0. The van der Waals surface area contributed by atoms with Gasteiger partial charge >= 0.3 is 0 Å². The van der Waals surface area contributed by atoms with Gasteiger partial charge in [0.25, 0.3) is 10.0 Å². The third-order valence-corrected chi connectivity index (χ3v) is 5.83. The molecule has 0 bridgehead atoms. The summed E-state index contributed by atoms with van der Waals surface area (Å²) in [6.45, 7) is 5.94. The molecular weight excluding hydrogens is 376 g/mol. The van der Waals surface area contributed by atoms with Gasteiger partial charge in [0.15, 0.2) is 0 Å². The summed E-state index contributed by atoms with van der Waals surface area (Å²) in [6, 6.07) is 12.4. The zero-order chi connectivity index (χ0) is 16.8. The first-order valence-corrected chi connectivity index (χ1v) is 9.54. The second-order valence-electron chi connectivity index (χ2n) is 5.86. The molecule has 4 nitrogen and oxygen atoms in total. The molecule has 3 aromatic rings. The summed E-state index contributed by atoms with van der Waals surface area (Å²) in [5, 5.41) is 5.27. The lowest BCUT2D eigenvalue weighted by Crippen LogP contribution is -2.15. The minimum atomic E-state index is -3.73. The van der Waals surface area contributed by atoms with E-state index in [4.69, 9.17) is 0 Å². The Morgan fingerprint density at radius 1 is 1.09 bits per heavy atom. The molecule has 0 unspecified atom stereocenters. The highest BCUT2D eigenvalue weighted by Crippen LogP contribution is 2.29. The average Bonchev–Trinajstić information content (AvgIpc) is 2.87. The van der Waals surface area contributed by atoms with Gasteiger partial charge in [-0.2, -0.15) is 17.6 Å². The normalized spacial score (nSPS) is 12.2. The SMILES string of the molecule is Cc1ccc(S(=O)(=O)n2nc(C(C)C)c3ccc(Br)cc32)cc1. The van der Waals surface area contributed by atoms with Crippen molar-refractivity contribution >= 4 is 36.9 Å². The standard InChI is InChI=1S/C17H17BrN2O2S/c1-11(2)17-15-9-6-13(18)10-16(15)20(19-17)23(21,22)14-7-4-12(3)5-8-14/h4-11H,1-3H3. The zero-order valence-corrected chi connectivity index (χ0v) is 15.5. The number of aryl methyl sites for hydroxylation is 1. The maximum Gasteiger partial charge on any atom is 0.283 e. The van der Waals surface area contributed by atoms with Crippen LogP contribution in [0.25, 0.3) is 10.9 Å². The van der Waals surface area contributed by atoms with Crippen LogP contribution in [0.1, 0.15) is 31.0 Å². The first-order chi connectivity index (χ1) is 10.8. The van der Waals surface area contributed by atoms with E-state index >= 15 is 0 Å². The Labute approximate surface area is 144 Å². The van der Waals surface area contributed by atoms with Crippen LogP contribution in [0.5, 0.6) is 0 Å². The molecule has 0 spiro atoms. The Morgan fingerprint density at radius 2 is 1.74 bits per heavy atom. The molecule has 1 heterocycles. The van der Waals surface area contributed by atoms with Gasteiger partial charge in [0.05, 0.1) is 16.1 Å². The lowest BCUT2D eigenvalue weighted by molar-refractivity contribution is 0.580. The molecule has 6 heteroatoms. The van der Waals surface area contributed by atoms with Crippen molar-refractivity contribution in [3.8, 4) is 0 Å². The number of nitrogens with zero attached hydrogens (tertiary/aromatic N) is 2. The van der Waals surface area contributed by atoms with Gasteiger partial charge in [-0.15, -0.1) is 0 Å². The van der Waals surface area contributed by atoms with E-state index < -0.39 is 10.0 Å². The van der Waals surface area contributed by atoms with E-state index in [1.54, 1.807) is 30.3 Å². The van der Waals surface area contributed by atoms with Crippen LogP contribution in [0, 0.1) is 6.92 Å². The molecule has 0 radical (unpaired) electrons. The Morgan fingerprint density at radius 3 is 2.35 bits per heavy atom. The number of fused-ring (bicyclic) bond motifs is 1. The van der Waals surface area contributed by atoms with Gasteiger partial charge in [0.2, 0.25) is 0 Å². The van der Waals surface area contributed by atoms with Gasteiger partial charge in [-0.3, -0.25) is 0 Å². The molecule has 1 aromatic heterocycles. The van der Waals surface area contributed by atoms with Gasteiger partial charge in [0, 0.05) is 9.86 Å². The number of rotatable bonds is 3. The average molecular weight is 393 g/mol. The first-order valence-electron chi connectivity index (χ1n) is 7.31. The predicted octanol–water partition coefficient (Wildman–Crippen LogP) is 4.47. The van der Waals surface area contributed by atoms with Crippen LogP contribution in [0.15, 0.2) is 51.8 Å². The number of benzene rings is 2. The van der Waals surface area contributed by atoms with Crippen LogP contribution in [0.2, 0.25) is 0 Å². The van der Waals surface area contributed by atoms with E-state index in [9.17, 15) is 8.42 Å². The lowest BCUT2D eigenvalue weighted by Gasteiger charge is -2.06. The maximum absolute atomic E-state index is 13.0. The van der Waals surface area contributed by atoms with Crippen molar-refractivity contribution < 1.29 is 8.42 Å². The van der Waals surface area contributed by atoms with E-state index in [0.717, 1.165) is 25.2 Å². The Balaban J connectivity index is 2.30. The highest BCUT2D eigenvalue weighted by molar-refractivity contribution is 9.10. The molecule has 23 heavy (non-hydrogen) atoms. The molecular formula is C17H17BrN2O2S. The van der Waals surface area contributed by atoms with Crippen LogP contribution in [0.3, 0.4) is 0 Å². The monoisotopic (exact) mass is 392 g/mol. The smallest absolute Gasteiger partial charge is 0.199 e. The molecule has 0 aliphatic heterocycles. The van der Waals surface area contributed by atoms with Crippen LogP contribution in [-0.2, 0) is 10.0 Å². The number of aromatic nitrogens is 2. The zero-order valence-electron chi connectivity index (χ0n) is 13.1. The van der Waals surface area contributed by atoms with Crippen molar-refractivity contribution in [1.29, 1.82) is 0 Å². The summed E-state index contributed by atoms with van der Waals surface area (Å²) in [6.07, 6.45) is 0. The minimum Gasteiger partial charge on any atom is -0.199 e. The van der Waals surface area contributed by atoms with E-state index in [-0.39, 0.29) is 10.8 Å². The molecule has 0 fully saturated rings. The van der Waals surface area contributed by atoms with E-state index in [1.807, 2.05) is 32.9 Å². The number of hydrogen-bond acceptors (Lipinski definition) is 3. The largest absolute Gasteiger partial charge is 0.283 e. The third kappa shape index (κ3) is 2.81. The molecule has 120 valence electrons. The molecule has 0 aliphatic rings. The van der Waals surface area contributed by atoms with Crippen molar-refractivity contribution in [1.82, 2.24) is 9.19 Å². The molecule has 0 amide bonds. The van der Waals surface area contributed by atoms with Crippen molar-refractivity contribution in [3.05, 3.63) is 58.2 Å². The minimum absolute atomic E-state index is 0.133. The molecule has 3 rings (SSSR count). The third-order valence-electron chi connectivity index (χ3n) is 3.73. The summed E-state index contributed by atoms with van der Waals surface area (Å²) >= 11 is 3.41. The van der Waals surface area contributed by atoms with Crippen molar-refractivity contribution in [2.24, 2.45) is 0 Å². The van der Waals surface area contributed by atoms with Gasteiger partial charge in [0.1, 0.15) is 0 Å². The van der Waals surface area contributed by atoms with Crippen LogP contribution in [-0.4, -0.2) is 17.6 Å². The fourth-order valence-electron chi connectivity index (χ4n) is 2.51. The second-order valence-corrected chi connectivity index (χ2v) is 8.55. The van der Waals surface area contributed by atoms with Gasteiger partial charge in [-0.1, -0.05) is 47.5 Å². The fourth-order valence-corrected chi connectivity index (χ4v) is 4.14. The topological polar surface area (TPSA) is 52.0 Å². The highest BCUT2D eigenvalue weighted by Gasteiger charge is 2.24. The molecule has 0 N–H and O–H groups in total. The highest BCUT2D eigenvalue weighted by atomic mass is 79.9. The molecule has 0 saturated carbocycles. The second kappa shape index (κ2) is 5.76. The van der Waals surface area contributed by atoms with Crippen LogP contribution in [0.4, 0.5) is 0 Å². The van der Waals surface area contributed by atoms with E-state index in [2.05, 4.69) is 21.0 Å². The summed E-state index contributed by atoms with van der Waals surface area (Å²) in [5.41, 5.74) is 2.38.